The number of likely N-dealkylation sites (tertiary alicyclic amines) is 1. The van der Waals surface area contributed by atoms with Gasteiger partial charge in [-0.3, -0.25) is 0 Å². The maximum Gasteiger partial charge on any atom is 0.0166 e. The zero-order valence-corrected chi connectivity index (χ0v) is 10.1. The molecule has 1 saturated carbocycles. The van der Waals surface area contributed by atoms with E-state index in [0.717, 1.165) is 18.4 Å². The van der Waals surface area contributed by atoms with Gasteiger partial charge < -0.3 is 10.6 Å². The minimum Gasteiger partial charge on any atom is -0.330 e. The molecule has 16 heavy (non-hydrogen) atoms. The number of nitrogens with two attached hydrogens (primary N) is 1. The Kier molecular flexibility index (Phi) is 2.13. The summed E-state index contributed by atoms with van der Waals surface area (Å²) in [5, 5.41) is 0. The molecule has 0 bridgehead atoms. The van der Waals surface area contributed by atoms with Gasteiger partial charge in [0.25, 0.3) is 0 Å². The van der Waals surface area contributed by atoms with Gasteiger partial charge in [-0.15, -0.1) is 0 Å². The van der Waals surface area contributed by atoms with E-state index in [0.29, 0.717) is 5.41 Å². The van der Waals surface area contributed by atoms with Crippen molar-refractivity contribution in [2.75, 3.05) is 26.7 Å². The van der Waals surface area contributed by atoms with Gasteiger partial charge in [-0.1, -0.05) is 24.3 Å². The van der Waals surface area contributed by atoms with Crippen LogP contribution in [-0.4, -0.2) is 31.6 Å². The molecule has 2 atom stereocenters. The zero-order valence-electron chi connectivity index (χ0n) is 10.1. The van der Waals surface area contributed by atoms with Crippen molar-refractivity contribution in [3.05, 3.63) is 35.4 Å². The third-order valence-corrected chi connectivity index (χ3v) is 4.70. The lowest BCUT2D eigenvalue weighted by Gasteiger charge is -2.25. The topological polar surface area (TPSA) is 29.3 Å². The normalized spacial score (nSPS) is 37.4. The van der Waals surface area contributed by atoms with E-state index < -0.39 is 0 Å². The molecule has 2 heteroatoms. The van der Waals surface area contributed by atoms with Gasteiger partial charge in [0.1, 0.15) is 0 Å². The molecule has 2 fully saturated rings. The summed E-state index contributed by atoms with van der Waals surface area (Å²) in [4.78, 5) is 2.43. The molecule has 1 saturated heterocycles. The van der Waals surface area contributed by atoms with Crippen LogP contribution in [0.1, 0.15) is 11.1 Å². The number of nitrogens with zero attached hydrogens (tertiary/aromatic N) is 1. The van der Waals surface area contributed by atoms with Gasteiger partial charge in [0.2, 0.25) is 0 Å². The quantitative estimate of drug-likeness (QED) is 0.809. The fourth-order valence-electron chi connectivity index (χ4n) is 3.84. The van der Waals surface area contributed by atoms with Gasteiger partial charge >= 0.3 is 0 Å². The molecule has 0 aromatic heterocycles. The average molecular weight is 216 g/mol. The first-order chi connectivity index (χ1) is 7.70. The van der Waals surface area contributed by atoms with Gasteiger partial charge in [0.05, 0.1) is 0 Å². The van der Waals surface area contributed by atoms with Gasteiger partial charge in [-0.25, -0.2) is 0 Å². The van der Waals surface area contributed by atoms with Crippen LogP contribution in [0.3, 0.4) is 0 Å². The number of piperidine rings is 1. The Bertz CT molecular complexity index is 401. The van der Waals surface area contributed by atoms with Crippen molar-refractivity contribution in [2.24, 2.45) is 17.6 Å². The molecule has 2 aliphatic rings. The summed E-state index contributed by atoms with van der Waals surface area (Å²) in [7, 11) is 2.21. The largest absolute Gasteiger partial charge is 0.330 e. The van der Waals surface area contributed by atoms with Gasteiger partial charge in [0.15, 0.2) is 0 Å². The Labute approximate surface area is 97.4 Å². The highest BCUT2D eigenvalue weighted by Gasteiger charge is 2.67. The van der Waals surface area contributed by atoms with Crippen LogP contribution in [0.4, 0.5) is 0 Å². The second-order valence-electron chi connectivity index (χ2n) is 5.49. The molecule has 86 valence electrons. The highest BCUT2D eigenvalue weighted by molar-refractivity contribution is 5.43. The van der Waals surface area contributed by atoms with Gasteiger partial charge in [0, 0.05) is 25.0 Å². The predicted octanol–water partition coefficient (Wildman–Crippen LogP) is 1.38. The minimum atomic E-state index is 0.303. The van der Waals surface area contributed by atoms with Crippen molar-refractivity contribution in [3.63, 3.8) is 0 Å². The van der Waals surface area contributed by atoms with Gasteiger partial charge in [-0.05, 0) is 36.9 Å². The van der Waals surface area contributed by atoms with Crippen molar-refractivity contribution in [1.29, 1.82) is 0 Å². The van der Waals surface area contributed by atoms with E-state index in [9.17, 15) is 0 Å². The molecule has 1 heterocycles. The maximum absolute atomic E-state index is 6.09. The third kappa shape index (κ3) is 1.14. The monoisotopic (exact) mass is 216 g/mol. The average Bonchev–Trinajstić information content (AvgIpc) is 2.66. The molecular formula is C14H20N2. The molecule has 1 aromatic carbocycles. The van der Waals surface area contributed by atoms with Crippen LogP contribution in [0, 0.1) is 18.8 Å². The summed E-state index contributed by atoms with van der Waals surface area (Å²) in [6.07, 6.45) is 0. The second kappa shape index (κ2) is 3.31. The zero-order chi connectivity index (χ0) is 11.3. The highest BCUT2D eigenvalue weighted by atomic mass is 15.2. The van der Waals surface area contributed by atoms with Crippen molar-refractivity contribution in [1.82, 2.24) is 4.90 Å². The Morgan fingerprint density at radius 1 is 1.31 bits per heavy atom. The van der Waals surface area contributed by atoms with E-state index in [1.165, 1.54) is 24.2 Å². The summed E-state index contributed by atoms with van der Waals surface area (Å²) in [6, 6.07) is 8.76. The molecule has 0 spiro atoms. The van der Waals surface area contributed by atoms with E-state index in [-0.39, 0.29) is 0 Å². The molecule has 1 aromatic rings. The van der Waals surface area contributed by atoms with Crippen LogP contribution in [0.5, 0.6) is 0 Å². The van der Waals surface area contributed by atoms with Crippen molar-refractivity contribution in [3.8, 4) is 0 Å². The number of rotatable bonds is 2. The van der Waals surface area contributed by atoms with Crippen LogP contribution in [0.2, 0.25) is 0 Å². The second-order valence-corrected chi connectivity index (χ2v) is 5.49. The predicted molar refractivity (Wildman–Crippen MR) is 66.4 cm³/mol. The van der Waals surface area contributed by atoms with E-state index in [1.54, 1.807) is 0 Å². The van der Waals surface area contributed by atoms with Gasteiger partial charge in [-0.2, -0.15) is 0 Å². The summed E-state index contributed by atoms with van der Waals surface area (Å²) in [5.41, 5.74) is 9.30. The SMILES string of the molecule is Cc1ccccc1C1(CN)C2CN(C)CC21. The Morgan fingerprint density at radius 2 is 1.94 bits per heavy atom. The van der Waals surface area contributed by atoms with Crippen LogP contribution >= 0.6 is 0 Å². The molecule has 1 aliphatic heterocycles. The van der Waals surface area contributed by atoms with Crippen molar-refractivity contribution in [2.45, 2.75) is 12.3 Å². The molecule has 2 unspecified atom stereocenters. The molecule has 0 radical (unpaired) electrons. The summed E-state index contributed by atoms with van der Waals surface area (Å²) in [5.74, 6) is 1.59. The molecule has 0 amide bonds. The number of hydrogen-bond donors (Lipinski definition) is 1. The molecule has 1 aliphatic carbocycles. The van der Waals surface area contributed by atoms with E-state index >= 15 is 0 Å². The lowest BCUT2D eigenvalue weighted by Crippen LogP contribution is -2.33. The molecular weight excluding hydrogens is 196 g/mol. The first kappa shape index (κ1) is 10.3. The number of fused-ring (bicyclic) bond motifs is 1. The van der Waals surface area contributed by atoms with Crippen LogP contribution < -0.4 is 5.73 Å². The summed E-state index contributed by atoms with van der Waals surface area (Å²) >= 11 is 0. The van der Waals surface area contributed by atoms with E-state index in [1.807, 2.05) is 0 Å². The molecule has 2 N–H and O–H groups in total. The smallest absolute Gasteiger partial charge is 0.0166 e. The first-order valence-electron chi connectivity index (χ1n) is 6.15. The fraction of sp³-hybridized carbons (Fsp3) is 0.571. The van der Waals surface area contributed by atoms with Crippen LogP contribution in [0.25, 0.3) is 0 Å². The summed E-state index contributed by atoms with van der Waals surface area (Å²) < 4.78 is 0. The number of hydrogen-bond acceptors (Lipinski definition) is 2. The van der Waals surface area contributed by atoms with Crippen molar-refractivity contribution >= 4 is 0 Å². The third-order valence-electron chi connectivity index (χ3n) is 4.70. The number of aryl methyl sites for hydroxylation is 1. The Balaban J connectivity index is 1.98. The first-order valence-corrected chi connectivity index (χ1v) is 6.15. The molecule has 2 nitrogen and oxygen atoms in total. The molecule has 3 rings (SSSR count). The van der Waals surface area contributed by atoms with Crippen molar-refractivity contribution < 1.29 is 0 Å². The Morgan fingerprint density at radius 3 is 2.50 bits per heavy atom. The lowest BCUT2D eigenvalue weighted by molar-refractivity contribution is 0.326. The number of benzene rings is 1. The van der Waals surface area contributed by atoms with E-state index in [2.05, 4.69) is 43.1 Å². The lowest BCUT2D eigenvalue weighted by atomic mass is 9.87. The highest BCUT2D eigenvalue weighted by Crippen LogP contribution is 2.63. The maximum atomic E-state index is 6.09. The van der Waals surface area contributed by atoms with E-state index in [4.69, 9.17) is 5.73 Å². The van der Waals surface area contributed by atoms with Crippen LogP contribution in [-0.2, 0) is 5.41 Å². The Hall–Kier alpha value is -0.860. The fourth-order valence-corrected chi connectivity index (χ4v) is 3.84. The van der Waals surface area contributed by atoms with Crippen LogP contribution in [0.15, 0.2) is 24.3 Å². The summed E-state index contributed by atoms with van der Waals surface area (Å²) in [6.45, 7) is 5.46. The standard InChI is InChI=1S/C14H20N2/c1-10-5-3-4-6-11(10)14(9-15)12-7-16(2)8-13(12)14/h3-6,12-13H,7-9,15H2,1-2H3. The minimum absolute atomic E-state index is 0.303.